The van der Waals surface area contributed by atoms with Gasteiger partial charge in [0.2, 0.25) is 5.91 Å². The quantitative estimate of drug-likeness (QED) is 0.909. The average molecular weight is 315 g/mol. The number of fused-ring (bicyclic) bond motifs is 1. The summed E-state index contributed by atoms with van der Waals surface area (Å²) in [7, 11) is 1.74. The van der Waals surface area contributed by atoms with Crippen LogP contribution in [0.1, 0.15) is 26.3 Å². The maximum absolute atomic E-state index is 12.1. The SMILES string of the molecule is CC(C)n1ncc2ccc(NC(=O)NC3CCN(C)C3=O)cc21. The first-order valence-electron chi connectivity index (χ1n) is 7.75. The number of carbonyl (C=O) groups is 2. The molecule has 0 saturated carbocycles. The zero-order valence-corrected chi connectivity index (χ0v) is 13.5. The van der Waals surface area contributed by atoms with Crippen molar-refractivity contribution in [3.63, 3.8) is 0 Å². The van der Waals surface area contributed by atoms with E-state index in [-0.39, 0.29) is 18.0 Å². The van der Waals surface area contributed by atoms with Crippen LogP contribution in [-0.2, 0) is 4.79 Å². The van der Waals surface area contributed by atoms with Crippen molar-refractivity contribution in [2.75, 3.05) is 18.9 Å². The van der Waals surface area contributed by atoms with Gasteiger partial charge >= 0.3 is 6.03 Å². The number of rotatable bonds is 3. The van der Waals surface area contributed by atoms with Gasteiger partial charge in [0, 0.05) is 30.7 Å². The number of likely N-dealkylation sites (tertiary alicyclic amines) is 1. The Morgan fingerprint density at radius 3 is 2.83 bits per heavy atom. The summed E-state index contributed by atoms with van der Waals surface area (Å²) in [4.78, 5) is 25.5. The predicted molar refractivity (Wildman–Crippen MR) is 88.3 cm³/mol. The normalized spacial score (nSPS) is 18.0. The van der Waals surface area contributed by atoms with Crippen molar-refractivity contribution in [3.8, 4) is 0 Å². The van der Waals surface area contributed by atoms with Crippen molar-refractivity contribution < 1.29 is 9.59 Å². The molecule has 1 atom stereocenters. The van der Waals surface area contributed by atoms with Gasteiger partial charge in [-0.2, -0.15) is 5.10 Å². The van der Waals surface area contributed by atoms with Gasteiger partial charge in [-0.1, -0.05) is 0 Å². The molecule has 1 aromatic carbocycles. The summed E-state index contributed by atoms with van der Waals surface area (Å²) in [5, 5.41) is 10.9. The molecular weight excluding hydrogens is 294 g/mol. The third-order valence-corrected chi connectivity index (χ3v) is 4.08. The van der Waals surface area contributed by atoms with Crippen molar-refractivity contribution in [2.45, 2.75) is 32.4 Å². The van der Waals surface area contributed by atoms with Crippen molar-refractivity contribution in [1.82, 2.24) is 20.0 Å². The summed E-state index contributed by atoms with van der Waals surface area (Å²) < 4.78 is 1.91. The largest absolute Gasteiger partial charge is 0.344 e. The Kier molecular flexibility index (Phi) is 3.94. The number of carbonyl (C=O) groups excluding carboxylic acids is 2. The molecule has 3 amide bonds. The van der Waals surface area contributed by atoms with E-state index in [4.69, 9.17) is 0 Å². The Morgan fingerprint density at radius 2 is 2.17 bits per heavy atom. The molecule has 1 fully saturated rings. The number of amides is 3. The molecule has 1 unspecified atom stereocenters. The molecule has 0 aliphatic carbocycles. The lowest BCUT2D eigenvalue weighted by molar-refractivity contribution is -0.128. The molecule has 23 heavy (non-hydrogen) atoms. The van der Waals surface area contributed by atoms with Crippen molar-refractivity contribution in [3.05, 3.63) is 24.4 Å². The highest BCUT2D eigenvalue weighted by Gasteiger charge is 2.30. The van der Waals surface area contributed by atoms with E-state index in [1.54, 1.807) is 11.9 Å². The summed E-state index contributed by atoms with van der Waals surface area (Å²) in [5.41, 5.74) is 1.64. The smallest absolute Gasteiger partial charge is 0.319 e. The van der Waals surface area contributed by atoms with Crippen molar-refractivity contribution in [2.24, 2.45) is 0 Å². The molecule has 3 rings (SSSR count). The number of urea groups is 1. The van der Waals surface area contributed by atoms with Gasteiger partial charge in [-0.25, -0.2) is 4.79 Å². The molecule has 1 aliphatic rings. The molecular formula is C16H21N5O2. The molecule has 2 heterocycles. The molecule has 1 aromatic heterocycles. The second-order valence-corrected chi connectivity index (χ2v) is 6.16. The minimum Gasteiger partial charge on any atom is -0.344 e. The minimum absolute atomic E-state index is 0.0477. The first-order valence-corrected chi connectivity index (χ1v) is 7.75. The Morgan fingerprint density at radius 1 is 1.39 bits per heavy atom. The van der Waals surface area contributed by atoms with Gasteiger partial charge < -0.3 is 15.5 Å². The standard InChI is InChI=1S/C16H21N5O2/c1-10(2)21-14-8-12(5-4-11(14)9-17-21)18-16(23)19-13-6-7-20(3)15(13)22/h4-5,8-10,13H,6-7H2,1-3H3,(H2,18,19,23). The summed E-state index contributed by atoms with van der Waals surface area (Å²) >= 11 is 0. The molecule has 0 spiro atoms. The number of hydrogen-bond acceptors (Lipinski definition) is 3. The second-order valence-electron chi connectivity index (χ2n) is 6.16. The Labute approximate surface area is 134 Å². The molecule has 1 aliphatic heterocycles. The van der Waals surface area contributed by atoms with Crippen LogP contribution in [-0.4, -0.2) is 46.3 Å². The van der Waals surface area contributed by atoms with Crippen LogP contribution in [0.25, 0.3) is 10.9 Å². The Bertz CT molecular complexity index is 752. The highest BCUT2D eigenvalue weighted by atomic mass is 16.2. The van der Waals surface area contributed by atoms with Gasteiger partial charge in [-0.05, 0) is 38.5 Å². The zero-order chi connectivity index (χ0) is 16.6. The zero-order valence-electron chi connectivity index (χ0n) is 13.5. The predicted octanol–water partition coefficient (Wildman–Crippen LogP) is 1.97. The second kappa shape index (κ2) is 5.91. The summed E-state index contributed by atoms with van der Waals surface area (Å²) in [6.45, 7) is 4.78. The maximum Gasteiger partial charge on any atom is 0.319 e. The Hall–Kier alpha value is -2.57. The highest BCUT2D eigenvalue weighted by Crippen LogP contribution is 2.21. The van der Waals surface area contributed by atoms with Gasteiger partial charge in [0.15, 0.2) is 0 Å². The lowest BCUT2D eigenvalue weighted by atomic mass is 10.2. The van der Waals surface area contributed by atoms with Crippen LogP contribution >= 0.6 is 0 Å². The van der Waals surface area contributed by atoms with Crippen molar-refractivity contribution in [1.29, 1.82) is 0 Å². The van der Waals surface area contributed by atoms with E-state index in [9.17, 15) is 9.59 Å². The summed E-state index contributed by atoms with van der Waals surface area (Å²) in [5.74, 6) is -0.0477. The Balaban J connectivity index is 1.72. The summed E-state index contributed by atoms with van der Waals surface area (Å²) in [6.07, 6.45) is 2.45. The van der Waals surface area contributed by atoms with E-state index in [1.807, 2.05) is 29.1 Å². The van der Waals surface area contributed by atoms with Gasteiger partial charge in [0.1, 0.15) is 6.04 Å². The van der Waals surface area contributed by atoms with Gasteiger partial charge in [0.25, 0.3) is 0 Å². The van der Waals surface area contributed by atoms with Gasteiger partial charge in [0.05, 0.1) is 11.7 Å². The van der Waals surface area contributed by atoms with Crippen molar-refractivity contribution >= 4 is 28.5 Å². The number of benzene rings is 1. The number of nitrogens with one attached hydrogen (secondary N) is 2. The van der Waals surface area contributed by atoms with E-state index < -0.39 is 6.04 Å². The topological polar surface area (TPSA) is 79.3 Å². The fourth-order valence-electron chi connectivity index (χ4n) is 2.81. The fraction of sp³-hybridized carbons (Fsp3) is 0.438. The molecule has 2 N–H and O–H groups in total. The van der Waals surface area contributed by atoms with Gasteiger partial charge in [-0.15, -0.1) is 0 Å². The number of hydrogen-bond donors (Lipinski definition) is 2. The van der Waals surface area contributed by atoms with Crippen LogP contribution in [0.3, 0.4) is 0 Å². The van der Waals surface area contributed by atoms with E-state index in [0.29, 0.717) is 18.7 Å². The average Bonchev–Trinajstić information content (AvgIpc) is 3.05. The van der Waals surface area contributed by atoms with E-state index in [0.717, 1.165) is 10.9 Å². The van der Waals surface area contributed by atoms with Gasteiger partial charge in [-0.3, -0.25) is 9.48 Å². The molecule has 2 aromatic rings. The van der Waals surface area contributed by atoms with E-state index in [1.165, 1.54) is 0 Å². The molecule has 0 radical (unpaired) electrons. The molecule has 122 valence electrons. The molecule has 7 heteroatoms. The molecule has 0 bridgehead atoms. The van der Waals surface area contributed by atoms with E-state index in [2.05, 4.69) is 29.6 Å². The number of aromatic nitrogens is 2. The van der Waals surface area contributed by atoms with Crippen LogP contribution < -0.4 is 10.6 Å². The lowest BCUT2D eigenvalue weighted by Crippen LogP contribution is -2.42. The van der Waals surface area contributed by atoms with Crippen LogP contribution in [0.2, 0.25) is 0 Å². The van der Waals surface area contributed by atoms with Crippen LogP contribution in [0.4, 0.5) is 10.5 Å². The lowest BCUT2D eigenvalue weighted by Gasteiger charge is -2.13. The minimum atomic E-state index is -0.440. The number of likely N-dealkylation sites (N-methyl/N-ethyl adjacent to an activating group) is 1. The summed E-state index contributed by atoms with van der Waals surface area (Å²) in [6, 6.07) is 5.08. The third kappa shape index (κ3) is 2.99. The fourth-order valence-corrected chi connectivity index (χ4v) is 2.81. The van der Waals surface area contributed by atoms with Crippen LogP contribution in [0.15, 0.2) is 24.4 Å². The van der Waals surface area contributed by atoms with Crippen LogP contribution in [0, 0.1) is 0 Å². The monoisotopic (exact) mass is 315 g/mol. The number of anilines is 1. The van der Waals surface area contributed by atoms with E-state index >= 15 is 0 Å². The first-order chi connectivity index (χ1) is 11.0. The molecule has 1 saturated heterocycles. The first kappa shape index (κ1) is 15.3. The maximum atomic E-state index is 12.1. The third-order valence-electron chi connectivity index (χ3n) is 4.08. The van der Waals surface area contributed by atoms with Crippen LogP contribution in [0.5, 0.6) is 0 Å². The number of nitrogens with zero attached hydrogens (tertiary/aromatic N) is 3. The molecule has 7 nitrogen and oxygen atoms in total. The highest BCUT2D eigenvalue weighted by molar-refractivity contribution is 5.96.